The van der Waals surface area contributed by atoms with Crippen molar-refractivity contribution in [2.24, 2.45) is 10.7 Å². The van der Waals surface area contributed by atoms with Crippen molar-refractivity contribution in [3.63, 3.8) is 0 Å². The molecule has 2 aromatic carbocycles. The van der Waals surface area contributed by atoms with Gasteiger partial charge >= 0.3 is 15.6 Å². The van der Waals surface area contributed by atoms with Crippen molar-refractivity contribution in [3.8, 4) is 11.5 Å². The molecule has 8 nitrogen and oxygen atoms in total. The predicted molar refractivity (Wildman–Crippen MR) is 112 cm³/mol. The van der Waals surface area contributed by atoms with Gasteiger partial charge in [0.05, 0.1) is 13.2 Å². The third-order valence-corrected chi connectivity index (χ3v) is 5.92. The van der Waals surface area contributed by atoms with Gasteiger partial charge in [0.25, 0.3) is 6.02 Å². The van der Waals surface area contributed by atoms with Gasteiger partial charge in [0.15, 0.2) is 5.54 Å². The molecule has 2 aromatic rings. The van der Waals surface area contributed by atoms with Crippen molar-refractivity contribution in [3.05, 3.63) is 65.2 Å². The van der Waals surface area contributed by atoms with E-state index in [4.69, 9.17) is 37.9 Å². The molecule has 0 fully saturated rings. The van der Waals surface area contributed by atoms with Crippen molar-refractivity contribution in [2.75, 3.05) is 19.8 Å². The van der Waals surface area contributed by atoms with Crippen LogP contribution in [0, 0.1) is 0 Å². The van der Waals surface area contributed by atoms with Crippen molar-refractivity contribution in [2.45, 2.75) is 17.5 Å². The maximum atomic E-state index is 10.7. The fourth-order valence-electron chi connectivity index (χ4n) is 3.80. The van der Waals surface area contributed by atoms with Gasteiger partial charge in [0.1, 0.15) is 18.1 Å². The van der Waals surface area contributed by atoms with Gasteiger partial charge in [0.2, 0.25) is 0 Å². The molecule has 3 N–H and O–H groups in total. The third kappa shape index (κ3) is 4.41. The minimum atomic E-state index is -5.84. The van der Waals surface area contributed by atoms with E-state index >= 15 is 0 Å². The lowest BCUT2D eigenvalue weighted by Gasteiger charge is -2.33. The second kappa shape index (κ2) is 8.36. The van der Waals surface area contributed by atoms with Crippen LogP contribution in [0.3, 0.4) is 0 Å². The monoisotopic (exact) mass is 484 g/mol. The van der Waals surface area contributed by atoms with Gasteiger partial charge in [0, 0.05) is 11.1 Å². The first-order chi connectivity index (χ1) is 15.5. The van der Waals surface area contributed by atoms with E-state index in [-0.39, 0.29) is 6.02 Å². The minimum Gasteiger partial charge on any atom is -0.462 e. The van der Waals surface area contributed by atoms with Crippen LogP contribution >= 0.6 is 0 Å². The first-order valence-electron chi connectivity index (χ1n) is 9.72. The molecule has 0 unspecified atom stereocenters. The van der Waals surface area contributed by atoms with E-state index in [0.717, 1.165) is 35.7 Å². The molecular weight excluding hydrogens is 465 g/mol. The van der Waals surface area contributed by atoms with Crippen LogP contribution in [-0.4, -0.2) is 44.3 Å². The zero-order valence-corrected chi connectivity index (χ0v) is 17.8. The number of halogens is 3. The molecule has 3 heterocycles. The molecule has 5 rings (SSSR count). The summed E-state index contributed by atoms with van der Waals surface area (Å²) in [5.74, 6) is 1.60. The van der Waals surface area contributed by atoms with Crippen LogP contribution in [0.25, 0.3) is 5.57 Å². The zero-order valence-electron chi connectivity index (χ0n) is 17.0. The van der Waals surface area contributed by atoms with Gasteiger partial charge in [-0.05, 0) is 35.8 Å². The lowest BCUT2D eigenvalue weighted by atomic mass is 9.80. The summed E-state index contributed by atoms with van der Waals surface area (Å²) in [7, 11) is -5.84. The largest absolute Gasteiger partial charge is 0.522 e. The van der Waals surface area contributed by atoms with Gasteiger partial charge in [-0.1, -0.05) is 30.3 Å². The summed E-state index contributed by atoms with van der Waals surface area (Å²) in [5, 5.41) is 0. The molecule has 33 heavy (non-hydrogen) atoms. The summed E-state index contributed by atoms with van der Waals surface area (Å²) in [6, 6.07) is 14.4. The van der Waals surface area contributed by atoms with Crippen molar-refractivity contribution < 1.29 is 40.4 Å². The molecule has 1 atom stereocenters. The molecule has 0 amide bonds. The lowest BCUT2D eigenvalue weighted by Crippen LogP contribution is -2.31. The predicted octanol–water partition coefficient (Wildman–Crippen LogP) is 3.58. The summed E-state index contributed by atoms with van der Waals surface area (Å²) >= 11 is 0. The van der Waals surface area contributed by atoms with Gasteiger partial charge in [-0.15, -0.1) is 0 Å². The second-order valence-corrected chi connectivity index (χ2v) is 8.80. The lowest BCUT2D eigenvalue weighted by molar-refractivity contribution is -0.0510. The van der Waals surface area contributed by atoms with Crippen LogP contribution < -0.4 is 10.5 Å². The van der Waals surface area contributed by atoms with Crippen LogP contribution in [0.15, 0.2) is 53.5 Å². The normalized spacial score (nSPS) is 21.5. The number of amidine groups is 1. The standard InChI is InChI=1S/C20H18N2O3.CHF3O3S/c21-19-22-20(12-24-19)15-3-1-2-4-17(15)25-18-6-5-14(11-16(18)20)13-7-9-23-10-8-13;2-1(3,4)8(5,6)7/h1-7,11H,8-10,12H2,(H2,21,22);(H,5,6,7)/t20-;/m1./s1. The topological polar surface area (TPSA) is 120 Å². The number of nitrogens with zero attached hydrogens (tertiary/aromatic N) is 1. The Morgan fingerprint density at radius 1 is 1.09 bits per heavy atom. The molecule has 12 heteroatoms. The number of aliphatic imine (C=N–C) groups is 1. The number of rotatable bonds is 1. The molecule has 0 bridgehead atoms. The molecule has 0 aromatic heterocycles. The first-order valence-corrected chi connectivity index (χ1v) is 11.2. The zero-order chi connectivity index (χ0) is 23.9. The van der Waals surface area contributed by atoms with Gasteiger partial charge in [-0.2, -0.15) is 21.6 Å². The number of benzene rings is 2. The Hall–Kier alpha value is -3.09. The number of para-hydroxylation sites is 1. The van der Waals surface area contributed by atoms with Crippen LogP contribution in [0.2, 0.25) is 0 Å². The van der Waals surface area contributed by atoms with Crippen LogP contribution in [0.5, 0.6) is 11.5 Å². The maximum absolute atomic E-state index is 10.7. The Labute approximate surface area is 187 Å². The van der Waals surface area contributed by atoms with E-state index in [1.54, 1.807) is 0 Å². The molecule has 0 saturated carbocycles. The van der Waals surface area contributed by atoms with E-state index in [1.165, 1.54) is 11.1 Å². The first kappa shape index (κ1) is 23.1. The highest BCUT2D eigenvalue weighted by Crippen LogP contribution is 2.51. The molecule has 3 aliphatic heterocycles. The Kier molecular flexibility index (Phi) is 5.85. The molecule has 176 valence electrons. The smallest absolute Gasteiger partial charge is 0.462 e. The number of alkyl halides is 3. The average molecular weight is 484 g/mol. The van der Waals surface area contributed by atoms with Gasteiger partial charge in [-0.3, -0.25) is 4.55 Å². The number of hydrogen-bond acceptors (Lipinski definition) is 7. The van der Waals surface area contributed by atoms with Crippen molar-refractivity contribution in [1.29, 1.82) is 0 Å². The number of hydrogen-bond donors (Lipinski definition) is 2. The molecule has 0 aliphatic carbocycles. The minimum absolute atomic E-state index is 0.221. The highest BCUT2D eigenvalue weighted by Gasteiger charge is 2.47. The third-order valence-electron chi connectivity index (χ3n) is 5.33. The Bertz CT molecular complexity index is 1240. The highest BCUT2D eigenvalue weighted by atomic mass is 32.2. The van der Waals surface area contributed by atoms with E-state index < -0.39 is 21.2 Å². The van der Waals surface area contributed by atoms with Crippen LogP contribution in [-0.2, 0) is 25.1 Å². The quantitative estimate of drug-likeness (QED) is 0.469. The SMILES string of the molecule is NC1=N[C@]2(CO1)c1ccccc1Oc1ccc(C3=CCOCC3)cc12.O=S(=O)(O)C(F)(F)F. The molecular formula is C21H19F3N2O6S. The van der Waals surface area contributed by atoms with E-state index in [1.807, 2.05) is 30.3 Å². The Morgan fingerprint density at radius 2 is 1.79 bits per heavy atom. The van der Waals surface area contributed by atoms with E-state index in [2.05, 4.69) is 18.2 Å². The van der Waals surface area contributed by atoms with Gasteiger partial charge in [-0.25, -0.2) is 4.99 Å². The van der Waals surface area contributed by atoms with Crippen molar-refractivity contribution in [1.82, 2.24) is 0 Å². The molecule has 0 saturated heterocycles. The summed E-state index contributed by atoms with van der Waals surface area (Å²) in [6.07, 6.45) is 3.05. The Balaban J connectivity index is 0.000000281. The molecule has 1 spiro atoms. The summed E-state index contributed by atoms with van der Waals surface area (Å²) in [6.45, 7) is 1.80. The summed E-state index contributed by atoms with van der Waals surface area (Å²) < 4.78 is 74.7. The average Bonchev–Trinajstić information content (AvgIpc) is 3.16. The van der Waals surface area contributed by atoms with Crippen LogP contribution in [0.1, 0.15) is 23.1 Å². The van der Waals surface area contributed by atoms with E-state index in [0.29, 0.717) is 13.2 Å². The summed E-state index contributed by atoms with van der Waals surface area (Å²) in [4.78, 5) is 4.70. The molecule has 0 radical (unpaired) electrons. The second-order valence-electron chi connectivity index (χ2n) is 7.38. The fraction of sp³-hybridized carbons (Fsp3) is 0.286. The Morgan fingerprint density at radius 3 is 2.39 bits per heavy atom. The van der Waals surface area contributed by atoms with E-state index in [9.17, 15) is 13.2 Å². The van der Waals surface area contributed by atoms with Crippen LogP contribution in [0.4, 0.5) is 13.2 Å². The van der Waals surface area contributed by atoms with Gasteiger partial charge < -0.3 is 19.9 Å². The fourth-order valence-corrected chi connectivity index (χ4v) is 3.80. The van der Waals surface area contributed by atoms with Crippen molar-refractivity contribution >= 4 is 21.7 Å². The maximum Gasteiger partial charge on any atom is 0.522 e. The summed E-state index contributed by atoms with van der Waals surface area (Å²) in [5.41, 5.74) is 4.16. The number of fused-ring (bicyclic) bond motifs is 4. The number of ether oxygens (including phenoxy) is 3. The molecule has 3 aliphatic rings. The highest BCUT2D eigenvalue weighted by molar-refractivity contribution is 7.86. The number of nitrogens with two attached hydrogens (primary N) is 1.